The Bertz CT molecular complexity index is 2020. The smallest absolute Gasteiger partial charge is 0.336 e. The Morgan fingerprint density at radius 1 is 0.380 bits per heavy atom. The van der Waals surface area contributed by atoms with Gasteiger partial charge in [-0.25, -0.2) is 9.59 Å². The maximum Gasteiger partial charge on any atom is 0.336 e. The van der Waals surface area contributed by atoms with Crippen LogP contribution in [0.5, 0.6) is 23.0 Å². The number of carboxylic acid groups (broad SMARTS) is 2. The van der Waals surface area contributed by atoms with Crippen molar-refractivity contribution in [3.05, 3.63) is 168 Å². The highest BCUT2D eigenvalue weighted by molar-refractivity contribution is 6.11. The SMILES string of the molecule is O=C(O)c1ccccc1C(=O)Nc1ccc(Oc2ccc(-c3ccc(Oc4ccc(NC(=O)c5ccccc5C(=O)O)cc4)cc3)cc2)cc1. The summed E-state index contributed by atoms with van der Waals surface area (Å²) < 4.78 is 11.9. The van der Waals surface area contributed by atoms with Gasteiger partial charge in [-0.2, -0.15) is 0 Å². The second kappa shape index (κ2) is 14.7. The first-order valence-corrected chi connectivity index (χ1v) is 15.3. The van der Waals surface area contributed by atoms with Crippen LogP contribution < -0.4 is 20.1 Å². The van der Waals surface area contributed by atoms with E-state index in [0.29, 0.717) is 34.4 Å². The third-order valence-corrected chi connectivity index (χ3v) is 7.54. The zero-order chi connectivity index (χ0) is 35.0. The average molecular weight is 665 g/mol. The van der Waals surface area contributed by atoms with Gasteiger partial charge in [0.1, 0.15) is 23.0 Å². The van der Waals surface area contributed by atoms with Crippen LogP contribution in [0.2, 0.25) is 0 Å². The molecule has 6 rings (SSSR count). The highest BCUT2D eigenvalue weighted by atomic mass is 16.5. The fourth-order valence-electron chi connectivity index (χ4n) is 5.05. The minimum absolute atomic E-state index is 0.0706. The Hall–Kier alpha value is -7.20. The van der Waals surface area contributed by atoms with Gasteiger partial charge in [-0.1, -0.05) is 48.5 Å². The van der Waals surface area contributed by atoms with Crippen LogP contribution in [0.15, 0.2) is 146 Å². The molecule has 0 aliphatic heterocycles. The second-order valence-electron chi connectivity index (χ2n) is 10.9. The molecule has 10 nitrogen and oxygen atoms in total. The van der Waals surface area contributed by atoms with Gasteiger partial charge in [-0.3, -0.25) is 9.59 Å². The summed E-state index contributed by atoms with van der Waals surface area (Å²) in [5.41, 5.74) is 2.91. The van der Waals surface area contributed by atoms with Crippen LogP contribution >= 0.6 is 0 Å². The number of amides is 2. The molecular weight excluding hydrogens is 636 g/mol. The molecular formula is C40H28N2O8. The lowest BCUT2D eigenvalue weighted by Gasteiger charge is -2.11. The fourth-order valence-corrected chi connectivity index (χ4v) is 5.05. The summed E-state index contributed by atoms with van der Waals surface area (Å²) in [6.45, 7) is 0. The van der Waals surface area contributed by atoms with Crippen molar-refractivity contribution >= 4 is 35.1 Å². The summed E-state index contributed by atoms with van der Waals surface area (Å²) in [5, 5.41) is 24.1. The maximum atomic E-state index is 12.6. The van der Waals surface area contributed by atoms with E-state index >= 15 is 0 Å². The molecule has 50 heavy (non-hydrogen) atoms. The summed E-state index contributed by atoms with van der Waals surface area (Å²) in [5.74, 6) is -1.04. The molecule has 0 unspecified atom stereocenters. The van der Waals surface area contributed by atoms with E-state index in [1.54, 1.807) is 72.8 Å². The van der Waals surface area contributed by atoms with E-state index in [0.717, 1.165) is 11.1 Å². The minimum Gasteiger partial charge on any atom is -0.478 e. The van der Waals surface area contributed by atoms with Gasteiger partial charge in [-0.05, 0) is 108 Å². The Labute approximate surface area is 286 Å². The first kappa shape index (κ1) is 32.7. The summed E-state index contributed by atoms with van der Waals surface area (Å²) in [6.07, 6.45) is 0. The molecule has 0 spiro atoms. The van der Waals surface area contributed by atoms with Crippen LogP contribution in [0, 0.1) is 0 Å². The number of carboxylic acids is 2. The largest absolute Gasteiger partial charge is 0.478 e. The zero-order valence-corrected chi connectivity index (χ0v) is 26.2. The standard InChI is InChI=1S/C40H28N2O8/c43-37(33-5-1-3-7-35(33)39(45)46)41-27-13-21-31(22-14-27)49-29-17-9-25(10-18-29)26-11-19-30(20-12-26)50-32-23-15-28(16-24-32)42-38(44)34-6-2-4-8-36(34)40(47)48/h1-24H,(H,41,43)(H,42,44)(H,45,46)(H,47,48). The van der Waals surface area contributed by atoms with Crippen molar-refractivity contribution in [1.29, 1.82) is 0 Å². The number of benzene rings is 6. The number of aromatic carboxylic acids is 2. The number of hydrogen-bond acceptors (Lipinski definition) is 6. The van der Waals surface area contributed by atoms with Crippen LogP contribution in [0.3, 0.4) is 0 Å². The van der Waals surface area contributed by atoms with Crippen molar-refractivity contribution in [2.45, 2.75) is 0 Å². The summed E-state index contributed by atoms with van der Waals surface area (Å²) in [4.78, 5) is 48.1. The van der Waals surface area contributed by atoms with E-state index in [4.69, 9.17) is 9.47 Å². The maximum absolute atomic E-state index is 12.6. The third-order valence-electron chi connectivity index (χ3n) is 7.54. The predicted octanol–water partition coefficient (Wildman–Crippen LogP) is 8.84. The van der Waals surface area contributed by atoms with E-state index in [-0.39, 0.29) is 22.3 Å². The van der Waals surface area contributed by atoms with Crippen LogP contribution in [0.1, 0.15) is 41.4 Å². The molecule has 0 atom stereocenters. The van der Waals surface area contributed by atoms with E-state index in [1.165, 1.54) is 24.3 Å². The first-order valence-electron chi connectivity index (χ1n) is 15.3. The van der Waals surface area contributed by atoms with Gasteiger partial charge in [-0.15, -0.1) is 0 Å². The second-order valence-corrected chi connectivity index (χ2v) is 10.9. The lowest BCUT2D eigenvalue weighted by Crippen LogP contribution is -2.16. The topological polar surface area (TPSA) is 151 Å². The quantitative estimate of drug-likeness (QED) is 0.107. The fraction of sp³-hybridized carbons (Fsp3) is 0. The molecule has 0 fully saturated rings. The summed E-state index contributed by atoms with van der Waals surface area (Å²) in [7, 11) is 0. The monoisotopic (exact) mass is 664 g/mol. The van der Waals surface area contributed by atoms with Gasteiger partial charge in [0.05, 0.1) is 22.3 Å². The van der Waals surface area contributed by atoms with E-state index < -0.39 is 23.8 Å². The minimum atomic E-state index is -1.18. The summed E-state index contributed by atoms with van der Waals surface area (Å²) in [6, 6.07) is 40.6. The molecule has 246 valence electrons. The number of anilines is 2. The number of nitrogens with one attached hydrogen (secondary N) is 2. The highest BCUT2D eigenvalue weighted by Gasteiger charge is 2.17. The van der Waals surface area contributed by atoms with Gasteiger partial charge < -0.3 is 30.3 Å². The Kier molecular flexibility index (Phi) is 9.62. The number of hydrogen-bond donors (Lipinski definition) is 4. The van der Waals surface area contributed by atoms with E-state index in [2.05, 4.69) is 10.6 Å². The summed E-state index contributed by atoms with van der Waals surface area (Å²) >= 11 is 0. The molecule has 6 aromatic rings. The zero-order valence-electron chi connectivity index (χ0n) is 26.2. The van der Waals surface area contributed by atoms with Crippen molar-refractivity contribution in [2.24, 2.45) is 0 Å². The number of carbonyl (C=O) groups is 4. The molecule has 10 heteroatoms. The molecule has 6 aromatic carbocycles. The number of ether oxygens (including phenoxy) is 2. The molecule has 0 aromatic heterocycles. The van der Waals surface area contributed by atoms with Crippen molar-refractivity contribution in [3.63, 3.8) is 0 Å². The molecule has 0 aliphatic rings. The third kappa shape index (κ3) is 7.84. The van der Waals surface area contributed by atoms with Gasteiger partial charge in [0.15, 0.2) is 0 Å². The van der Waals surface area contributed by atoms with Crippen LogP contribution in [0.4, 0.5) is 11.4 Å². The molecule has 2 amide bonds. The van der Waals surface area contributed by atoms with Gasteiger partial charge in [0.2, 0.25) is 0 Å². The molecule has 0 radical (unpaired) electrons. The molecule has 4 N–H and O–H groups in total. The molecule has 0 aliphatic carbocycles. The van der Waals surface area contributed by atoms with Crippen molar-refractivity contribution in [1.82, 2.24) is 0 Å². The van der Waals surface area contributed by atoms with Crippen LogP contribution in [-0.4, -0.2) is 34.0 Å². The highest BCUT2D eigenvalue weighted by Crippen LogP contribution is 2.30. The molecule has 0 saturated carbocycles. The van der Waals surface area contributed by atoms with Crippen molar-refractivity contribution in [3.8, 4) is 34.1 Å². The lowest BCUT2D eigenvalue weighted by molar-refractivity contribution is 0.0683. The Morgan fingerprint density at radius 2 is 0.660 bits per heavy atom. The Morgan fingerprint density at radius 3 is 0.960 bits per heavy atom. The van der Waals surface area contributed by atoms with Crippen molar-refractivity contribution < 1.29 is 38.9 Å². The molecule has 0 heterocycles. The van der Waals surface area contributed by atoms with Crippen LogP contribution in [-0.2, 0) is 0 Å². The number of rotatable bonds is 11. The van der Waals surface area contributed by atoms with Crippen molar-refractivity contribution in [2.75, 3.05) is 10.6 Å². The Balaban J connectivity index is 1.02. The van der Waals surface area contributed by atoms with Gasteiger partial charge in [0.25, 0.3) is 11.8 Å². The van der Waals surface area contributed by atoms with E-state index in [1.807, 2.05) is 48.5 Å². The predicted molar refractivity (Wildman–Crippen MR) is 188 cm³/mol. The number of carbonyl (C=O) groups excluding carboxylic acids is 2. The normalized spacial score (nSPS) is 10.5. The van der Waals surface area contributed by atoms with Gasteiger partial charge in [0, 0.05) is 11.4 Å². The van der Waals surface area contributed by atoms with E-state index in [9.17, 15) is 29.4 Å². The van der Waals surface area contributed by atoms with Crippen LogP contribution in [0.25, 0.3) is 11.1 Å². The first-order chi connectivity index (χ1) is 24.2. The molecule has 0 bridgehead atoms. The lowest BCUT2D eigenvalue weighted by atomic mass is 10.1. The van der Waals surface area contributed by atoms with Gasteiger partial charge >= 0.3 is 11.9 Å². The average Bonchev–Trinajstić information content (AvgIpc) is 3.14. The molecule has 0 saturated heterocycles.